The fraction of sp³-hybridized carbons (Fsp3) is 0.438. The van der Waals surface area contributed by atoms with Crippen molar-refractivity contribution in [2.24, 2.45) is 0 Å². The molecule has 0 saturated heterocycles. The summed E-state index contributed by atoms with van der Waals surface area (Å²) in [5.74, 6) is 0.627. The Kier molecular flexibility index (Phi) is 5.22. The quantitative estimate of drug-likeness (QED) is 0.872. The number of likely N-dealkylation sites (N-methyl/N-ethyl adjacent to an activating group) is 1. The Morgan fingerprint density at radius 2 is 2.10 bits per heavy atom. The summed E-state index contributed by atoms with van der Waals surface area (Å²) in [7, 11) is 1.91. The van der Waals surface area contributed by atoms with Crippen LogP contribution in [-0.2, 0) is 9.53 Å². The molecule has 1 amide bonds. The Hall–Kier alpha value is -2.01. The molecule has 0 unspecified atom stereocenters. The van der Waals surface area contributed by atoms with Gasteiger partial charge in [0.2, 0.25) is 0 Å². The van der Waals surface area contributed by atoms with E-state index in [-0.39, 0.29) is 12.5 Å². The first-order valence-corrected chi connectivity index (χ1v) is 7.18. The molecule has 0 saturated carbocycles. The van der Waals surface area contributed by atoms with Gasteiger partial charge in [-0.05, 0) is 44.0 Å². The number of amides is 1. The summed E-state index contributed by atoms with van der Waals surface area (Å²) in [5, 5.41) is 11.8. The van der Waals surface area contributed by atoms with Crippen molar-refractivity contribution < 1.29 is 14.6 Å². The number of nitrogens with one attached hydrogen (secondary N) is 1. The molecule has 1 aliphatic rings. The molecule has 1 aromatic carbocycles. The zero-order valence-corrected chi connectivity index (χ0v) is 12.6. The van der Waals surface area contributed by atoms with E-state index >= 15 is 0 Å². The van der Waals surface area contributed by atoms with Crippen LogP contribution in [0.2, 0.25) is 0 Å². The first-order valence-electron chi connectivity index (χ1n) is 7.18. The highest BCUT2D eigenvalue weighted by molar-refractivity contribution is 6.04. The van der Waals surface area contributed by atoms with Crippen molar-refractivity contribution in [3.63, 3.8) is 0 Å². The Bertz CT molecular complexity index is 523. The van der Waals surface area contributed by atoms with Crippen molar-refractivity contribution in [3.8, 4) is 0 Å². The number of carbonyl (C=O) groups excluding carboxylic acids is 1. The normalized spacial score (nSPS) is 14.6. The number of nitrogens with zero attached hydrogens (tertiary/aromatic N) is 1. The maximum Gasteiger partial charge on any atom is 0.254 e. The average molecular weight is 290 g/mol. The molecule has 114 valence electrons. The molecule has 0 aromatic heterocycles. The summed E-state index contributed by atoms with van der Waals surface area (Å²) < 4.78 is 5.42. The molecule has 1 aliphatic heterocycles. The van der Waals surface area contributed by atoms with Crippen LogP contribution in [-0.4, -0.2) is 37.8 Å². The molecule has 1 aromatic rings. The highest BCUT2D eigenvalue weighted by Gasteiger charge is 2.17. The smallest absolute Gasteiger partial charge is 0.254 e. The lowest BCUT2D eigenvalue weighted by molar-refractivity contribution is -0.113. The van der Waals surface area contributed by atoms with Crippen LogP contribution in [0.15, 0.2) is 35.6 Å². The van der Waals surface area contributed by atoms with Crippen molar-refractivity contribution in [1.29, 1.82) is 0 Å². The lowest BCUT2D eigenvalue weighted by Gasteiger charge is -2.19. The molecule has 0 spiro atoms. The zero-order valence-electron chi connectivity index (χ0n) is 12.6. The van der Waals surface area contributed by atoms with Gasteiger partial charge in [0.15, 0.2) is 0 Å². The SMILES string of the molecule is CC1=C(C(=O)Nc2ccc(N(C)CCO)cc2)CCCO1. The van der Waals surface area contributed by atoms with Crippen LogP contribution < -0.4 is 10.2 Å². The topological polar surface area (TPSA) is 61.8 Å². The molecule has 0 aliphatic carbocycles. The minimum absolute atomic E-state index is 0.0938. The summed E-state index contributed by atoms with van der Waals surface area (Å²) in [5.41, 5.74) is 2.48. The van der Waals surface area contributed by atoms with Crippen LogP contribution in [0.1, 0.15) is 19.8 Å². The molecular formula is C16H22N2O3. The van der Waals surface area contributed by atoms with E-state index in [1.165, 1.54) is 0 Å². The van der Waals surface area contributed by atoms with Crippen LogP contribution in [0.25, 0.3) is 0 Å². The van der Waals surface area contributed by atoms with E-state index in [4.69, 9.17) is 9.84 Å². The van der Waals surface area contributed by atoms with Crippen molar-refractivity contribution in [2.45, 2.75) is 19.8 Å². The van der Waals surface area contributed by atoms with E-state index < -0.39 is 0 Å². The van der Waals surface area contributed by atoms with Gasteiger partial charge in [-0.25, -0.2) is 0 Å². The third-order valence-electron chi connectivity index (χ3n) is 3.59. The number of ether oxygens (including phenoxy) is 1. The second-order valence-corrected chi connectivity index (χ2v) is 5.13. The first kappa shape index (κ1) is 15.4. The molecule has 5 heteroatoms. The molecular weight excluding hydrogens is 268 g/mol. The van der Waals surface area contributed by atoms with Crippen LogP contribution >= 0.6 is 0 Å². The van der Waals surface area contributed by atoms with Crippen LogP contribution in [0, 0.1) is 0 Å². The van der Waals surface area contributed by atoms with Crippen LogP contribution in [0.3, 0.4) is 0 Å². The highest BCUT2D eigenvalue weighted by Crippen LogP contribution is 2.22. The molecule has 21 heavy (non-hydrogen) atoms. The van der Waals surface area contributed by atoms with Gasteiger partial charge in [-0.3, -0.25) is 4.79 Å². The van der Waals surface area contributed by atoms with Crippen molar-refractivity contribution in [3.05, 3.63) is 35.6 Å². The molecule has 0 radical (unpaired) electrons. The van der Waals surface area contributed by atoms with Crippen molar-refractivity contribution in [2.75, 3.05) is 37.0 Å². The summed E-state index contributed by atoms with van der Waals surface area (Å²) >= 11 is 0. The Morgan fingerprint density at radius 1 is 1.38 bits per heavy atom. The fourth-order valence-electron chi connectivity index (χ4n) is 2.30. The Morgan fingerprint density at radius 3 is 2.71 bits per heavy atom. The van der Waals surface area contributed by atoms with Crippen LogP contribution in [0.4, 0.5) is 11.4 Å². The molecule has 1 heterocycles. The minimum atomic E-state index is -0.0938. The molecule has 5 nitrogen and oxygen atoms in total. The summed E-state index contributed by atoms with van der Waals surface area (Å²) in [6.45, 7) is 3.22. The van der Waals surface area contributed by atoms with Gasteiger partial charge in [-0.15, -0.1) is 0 Å². The Balaban J connectivity index is 2.01. The average Bonchev–Trinajstić information content (AvgIpc) is 2.48. The second kappa shape index (κ2) is 7.13. The summed E-state index contributed by atoms with van der Waals surface area (Å²) in [6.07, 6.45) is 1.64. The number of aliphatic hydroxyl groups is 1. The van der Waals surface area contributed by atoms with Crippen molar-refractivity contribution >= 4 is 17.3 Å². The van der Waals surface area contributed by atoms with Crippen LogP contribution in [0.5, 0.6) is 0 Å². The zero-order chi connectivity index (χ0) is 15.2. The van der Waals surface area contributed by atoms with Gasteiger partial charge >= 0.3 is 0 Å². The largest absolute Gasteiger partial charge is 0.498 e. The van der Waals surface area contributed by atoms with E-state index in [0.717, 1.165) is 35.5 Å². The van der Waals surface area contributed by atoms with Gasteiger partial charge in [0.05, 0.1) is 18.8 Å². The van der Waals surface area contributed by atoms with E-state index in [1.54, 1.807) is 0 Å². The van der Waals surface area contributed by atoms with Gasteiger partial charge in [-0.2, -0.15) is 0 Å². The summed E-state index contributed by atoms with van der Waals surface area (Å²) in [6, 6.07) is 7.56. The molecule has 0 bridgehead atoms. The second-order valence-electron chi connectivity index (χ2n) is 5.13. The predicted octanol–water partition coefficient (Wildman–Crippen LogP) is 2.14. The number of hydrogen-bond donors (Lipinski definition) is 2. The predicted molar refractivity (Wildman–Crippen MR) is 83.3 cm³/mol. The third-order valence-corrected chi connectivity index (χ3v) is 3.59. The number of aliphatic hydroxyl groups excluding tert-OH is 1. The van der Waals surface area contributed by atoms with E-state index in [1.807, 2.05) is 43.1 Å². The maximum atomic E-state index is 12.2. The number of rotatable bonds is 5. The van der Waals surface area contributed by atoms with Gasteiger partial charge in [0, 0.05) is 25.0 Å². The van der Waals surface area contributed by atoms with E-state index in [0.29, 0.717) is 13.2 Å². The molecule has 2 rings (SSSR count). The highest BCUT2D eigenvalue weighted by atomic mass is 16.5. The standard InChI is InChI=1S/C16H22N2O3/c1-12-15(4-3-11-21-12)16(20)17-13-5-7-14(8-6-13)18(2)9-10-19/h5-8,19H,3-4,9-11H2,1-2H3,(H,17,20). The molecule has 2 N–H and O–H groups in total. The number of anilines is 2. The van der Waals surface area contributed by atoms with Gasteiger partial charge in [0.1, 0.15) is 5.76 Å². The summed E-state index contributed by atoms with van der Waals surface area (Å²) in [4.78, 5) is 14.2. The number of hydrogen-bond acceptors (Lipinski definition) is 4. The van der Waals surface area contributed by atoms with E-state index in [2.05, 4.69) is 5.32 Å². The maximum absolute atomic E-state index is 12.2. The first-order chi connectivity index (χ1) is 10.1. The fourth-order valence-corrected chi connectivity index (χ4v) is 2.30. The number of benzene rings is 1. The molecule has 0 atom stereocenters. The Labute approximate surface area is 125 Å². The lowest BCUT2D eigenvalue weighted by atomic mass is 10.1. The monoisotopic (exact) mass is 290 g/mol. The number of carbonyl (C=O) groups is 1. The molecule has 0 fully saturated rings. The number of allylic oxidation sites excluding steroid dienone is 1. The van der Waals surface area contributed by atoms with Gasteiger partial charge in [-0.1, -0.05) is 0 Å². The van der Waals surface area contributed by atoms with Crippen molar-refractivity contribution in [1.82, 2.24) is 0 Å². The third kappa shape index (κ3) is 3.98. The lowest BCUT2D eigenvalue weighted by Crippen LogP contribution is -2.21. The van der Waals surface area contributed by atoms with Gasteiger partial charge in [0.25, 0.3) is 5.91 Å². The van der Waals surface area contributed by atoms with Gasteiger partial charge < -0.3 is 20.1 Å². The minimum Gasteiger partial charge on any atom is -0.498 e. The van der Waals surface area contributed by atoms with E-state index in [9.17, 15) is 4.79 Å².